The molecule has 2 aromatic rings. The highest BCUT2D eigenvalue weighted by molar-refractivity contribution is 5.79. The molecule has 0 saturated heterocycles. The first-order valence-corrected chi connectivity index (χ1v) is 7.97. The van der Waals surface area contributed by atoms with Gasteiger partial charge < -0.3 is 15.5 Å². The minimum Gasteiger partial charge on any atom is -0.373 e. The van der Waals surface area contributed by atoms with Crippen LogP contribution in [-0.4, -0.2) is 49.5 Å². The lowest BCUT2D eigenvalue weighted by Gasteiger charge is -2.20. The van der Waals surface area contributed by atoms with Crippen LogP contribution in [-0.2, 0) is 6.54 Å². The molecule has 1 aromatic carbocycles. The molecule has 2 rings (SSSR count). The van der Waals surface area contributed by atoms with Gasteiger partial charge >= 0.3 is 0 Å². The zero-order valence-electron chi connectivity index (χ0n) is 13.9. The van der Waals surface area contributed by atoms with Gasteiger partial charge in [0.15, 0.2) is 5.96 Å². The van der Waals surface area contributed by atoms with Crippen LogP contribution >= 0.6 is 0 Å². The third kappa shape index (κ3) is 6.02. The summed E-state index contributed by atoms with van der Waals surface area (Å²) in [4.78, 5) is 6.47. The van der Waals surface area contributed by atoms with E-state index in [1.54, 1.807) is 13.2 Å². The highest BCUT2D eigenvalue weighted by atomic mass is 15.3. The quantitative estimate of drug-likeness (QED) is 0.441. The Morgan fingerprint density at radius 3 is 2.65 bits per heavy atom. The van der Waals surface area contributed by atoms with E-state index in [0.717, 1.165) is 38.6 Å². The van der Waals surface area contributed by atoms with Gasteiger partial charge in [-0.05, 0) is 24.6 Å². The molecular formula is C17H26N6. The lowest BCUT2D eigenvalue weighted by atomic mass is 10.3. The highest BCUT2D eigenvalue weighted by Crippen LogP contribution is 2.09. The monoisotopic (exact) mass is 314 g/mol. The first kappa shape index (κ1) is 16.9. The maximum absolute atomic E-state index is 4.25. The van der Waals surface area contributed by atoms with Crippen molar-refractivity contribution in [2.24, 2.45) is 4.99 Å². The third-order valence-electron chi connectivity index (χ3n) is 3.58. The molecule has 1 aromatic heterocycles. The average Bonchev–Trinajstić information content (AvgIpc) is 3.11. The van der Waals surface area contributed by atoms with Crippen molar-refractivity contribution in [2.45, 2.75) is 13.0 Å². The summed E-state index contributed by atoms with van der Waals surface area (Å²) in [6, 6.07) is 12.3. The van der Waals surface area contributed by atoms with Crippen molar-refractivity contribution in [2.75, 3.05) is 38.6 Å². The number of rotatable bonds is 8. The highest BCUT2D eigenvalue weighted by Gasteiger charge is 2.01. The fourth-order valence-corrected chi connectivity index (χ4v) is 2.25. The van der Waals surface area contributed by atoms with Crippen LogP contribution in [0.15, 0.2) is 53.8 Å². The van der Waals surface area contributed by atoms with Crippen molar-refractivity contribution in [1.29, 1.82) is 0 Å². The van der Waals surface area contributed by atoms with Crippen molar-refractivity contribution >= 4 is 11.6 Å². The number of hydrogen-bond donors (Lipinski definition) is 2. The first-order chi connectivity index (χ1) is 11.3. The van der Waals surface area contributed by atoms with E-state index in [1.165, 1.54) is 5.69 Å². The summed E-state index contributed by atoms with van der Waals surface area (Å²) in [5, 5.41) is 10.9. The number of guanidine groups is 1. The summed E-state index contributed by atoms with van der Waals surface area (Å²) in [7, 11) is 3.89. The zero-order valence-corrected chi connectivity index (χ0v) is 13.9. The maximum atomic E-state index is 4.25. The molecule has 0 spiro atoms. The summed E-state index contributed by atoms with van der Waals surface area (Å²) in [6.45, 7) is 3.53. The minimum atomic E-state index is 0.838. The summed E-state index contributed by atoms with van der Waals surface area (Å²) in [5.74, 6) is 0.840. The number of nitrogens with zero attached hydrogens (tertiary/aromatic N) is 4. The van der Waals surface area contributed by atoms with Crippen LogP contribution < -0.4 is 15.5 Å². The van der Waals surface area contributed by atoms with Gasteiger partial charge in [0.05, 0.1) is 0 Å². The fourth-order valence-electron chi connectivity index (χ4n) is 2.25. The second-order valence-corrected chi connectivity index (χ2v) is 5.31. The molecule has 23 heavy (non-hydrogen) atoms. The number of aryl methyl sites for hydroxylation is 1. The van der Waals surface area contributed by atoms with Crippen molar-refractivity contribution in [3.8, 4) is 0 Å². The third-order valence-corrected chi connectivity index (χ3v) is 3.58. The van der Waals surface area contributed by atoms with E-state index in [1.807, 2.05) is 23.0 Å². The molecule has 0 amide bonds. The summed E-state index contributed by atoms with van der Waals surface area (Å²) >= 11 is 0. The Morgan fingerprint density at radius 2 is 1.96 bits per heavy atom. The number of aliphatic imine (C=N–C) groups is 1. The van der Waals surface area contributed by atoms with Crippen molar-refractivity contribution in [1.82, 2.24) is 20.4 Å². The Kier molecular flexibility index (Phi) is 6.97. The molecule has 6 nitrogen and oxygen atoms in total. The van der Waals surface area contributed by atoms with Crippen molar-refractivity contribution < 1.29 is 0 Å². The van der Waals surface area contributed by atoms with Crippen LogP contribution in [0.3, 0.4) is 0 Å². The van der Waals surface area contributed by atoms with Gasteiger partial charge in [-0.25, -0.2) is 0 Å². The normalized spacial score (nSPS) is 11.3. The molecule has 0 atom stereocenters. The molecule has 0 fully saturated rings. The van der Waals surface area contributed by atoms with Crippen LogP contribution in [0.1, 0.15) is 6.42 Å². The van der Waals surface area contributed by atoms with Crippen LogP contribution in [0, 0.1) is 0 Å². The van der Waals surface area contributed by atoms with Gasteiger partial charge in [-0.3, -0.25) is 9.67 Å². The second kappa shape index (κ2) is 9.50. The molecule has 0 bridgehead atoms. The van der Waals surface area contributed by atoms with Gasteiger partial charge in [-0.1, -0.05) is 18.2 Å². The largest absolute Gasteiger partial charge is 0.373 e. The number of benzene rings is 1. The van der Waals surface area contributed by atoms with E-state index in [4.69, 9.17) is 0 Å². The molecule has 0 aliphatic heterocycles. The van der Waals surface area contributed by atoms with Gasteiger partial charge in [0.25, 0.3) is 0 Å². The van der Waals surface area contributed by atoms with Gasteiger partial charge in [-0.15, -0.1) is 0 Å². The molecule has 0 radical (unpaired) electrons. The molecule has 2 N–H and O–H groups in total. The predicted octanol–water partition coefficient (Wildman–Crippen LogP) is 1.57. The summed E-state index contributed by atoms with van der Waals surface area (Å²) < 4.78 is 1.94. The van der Waals surface area contributed by atoms with Gasteiger partial charge in [0.1, 0.15) is 0 Å². The number of aromatic nitrogens is 2. The van der Waals surface area contributed by atoms with Crippen LogP contribution in [0.2, 0.25) is 0 Å². The Morgan fingerprint density at radius 1 is 1.17 bits per heavy atom. The van der Waals surface area contributed by atoms with Gasteiger partial charge in [0.2, 0.25) is 0 Å². The Hall–Kier alpha value is -2.50. The molecule has 0 aliphatic carbocycles. The molecule has 0 aliphatic rings. The van der Waals surface area contributed by atoms with E-state index in [9.17, 15) is 0 Å². The maximum Gasteiger partial charge on any atom is 0.191 e. The van der Waals surface area contributed by atoms with E-state index in [2.05, 4.69) is 56.9 Å². The number of likely N-dealkylation sites (N-methyl/N-ethyl adjacent to an activating group) is 1. The number of anilines is 1. The van der Waals surface area contributed by atoms with Crippen LogP contribution in [0.4, 0.5) is 5.69 Å². The smallest absolute Gasteiger partial charge is 0.191 e. The van der Waals surface area contributed by atoms with Crippen molar-refractivity contribution in [3.63, 3.8) is 0 Å². The fraction of sp³-hybridized carbons (Fsp3) is 0.412. The van der Waals surface area contributed by atoms with E-state index in [0.29, 0.717) is 0 Å². The topological polar surface area (TPSA) is 57.5 Å². The van der Waals surface area contributed by atoms with E-state index >= 15 is 0 Å². The molecule has 0 unspecified atom stereocenters. The lowest BCUT2D eigenvalue weighted by Crippen LogP contribution is -2.41. The predicted molar refractivity (Wildman–Crippen MR) is 95.9 cm³/mol. The second-order valence-electron chi connectivity index (χ2n) is 5.31. The molecular weight excluding hydrogens is 288 g/mol. The molecule has 6 heteroatoms. The lowest BCUT2D eigenvalue weighted by molar-refractivity contribution is 0.570. The zero-order chi connectivity index (χ0) is 16.3. The number of hydrogen-bond acceptors (Lipinski definition) is 3. The van der Waals surface area contributed by atoms with Crippen molar-refractivity contribution in [3.05, 3.63) is 48.8 Å². The van der Waals surface area contributed by atoms with E-state index < -0.39 is 0 Å². The summed E-state index contributed by atoms with van der Waals surface area (Å²) in [5.41, 5.74) is 1.22. The molecule has 124 valence electrons. The summed E-state index contributed by atoms with van der Waals surface area (Å²) in [6.07, 6.45) is 4.79. The average molecular weight is 314 g/mol. The van der Waals surface area contributed by atoms with Gasteiger partial charge in [0, 0.05) is 58.4 Å². The minimum absolute atomic E-state index is 0.838. The number of para-hydroxylation sites is 1. The van der Waals surface area contributed by atoms with Gasteiger partial charge in [-0.2, -0.15) is 5.10 Å². The first-order valence-electron chi connectivity index (χ1n) is 7.97. The SMILES string of the molecule is CN=C(NCCCn1cccn1)NCCN(C)c1ccccc1. The van der Waals surface area contributed by atoms with E-state index in [-0.39, 0.29) is 0 Å². The Bertz CT molecular complexity index is 564. The number of nitrogens with one attached hydrogen (secondary N) is 2. The van der Waals surface area contributed by atoms with Crippen LogP contribution in [0.5, 0.6) is 0 Å². The molecule has 1 heterocycles. The standard InChI is InChI=1S/C17H26N6/c1-18-17(19-10-6-13-23-14-7-11-21-23)20-12-15-22(2)16-8-4-3-5-9-16/h3-5,7-9,11,14H,6,10,12-13,15H2,1-2H3,(H2,18,19,20). The van der Waals surface area contributed by atoms with Crippen LogP contribution in [0.25, 0.3) is 0 Å². The Balaban J connectivity index is 1.61. The molecule has 0 saturated carbocycles. The Labute approximate surface area is 138 Å².